The molecule has 0 aliphatic carbocycles. The summed E-state index contributed by atoms with van der Waals surface area (Å²) in [5, 5.41) is 0. The van der Waals surface area contributed by atoms with E-state index in [2.05, 4.69) is 11.8 Å². The summed E-state index contributed by atoms with van der Waals surface area (Å²) in [7, 11) is 0. The molecule has 0 amide bonds. The number of rotatable bonds is 1. The fourth-order valence-electron chi connectivity index (χ4n) is 1.17. The van der Waals surface area contributed by atoms with Gasteiger partial charge >= 0.3 is 6.18 Å². The maximum atomic E-state index is 12.3. The summed E-state index contributed by atoms with van der Waals surface area (Å²) in [4.78, 5) is 10.0. The molecule has 0 spiro atoms. The summed E-state index contributed by atoms with van der Waals surface area (Å²) in [6.07, 6.45) is -3.60. The van der Waals surface area contributed by atoms with Gasteiger partial charge in [-0.05, 0) is 30.7 Å². The van der Waals surface area contributed by atoms with Crippen molar-refractivity contribution in [3.63, 3.8) is 0 Å². The highest BCUT2D eigenvalue weighted by molar-refractivity contribution is 5.55. The Hall–Kier alpha value is -1.76. The summed E-state index contributed by atoms with van der Waals surface area (Å²) in [6.45, 7) is 1.56. The Labute approximate surface area is 91.3 Å². The van der Waals surface area contributed by atoms with Gasteiger partial charge in [0.1, 0.15) is 6.29 Å². The van der Waals surface area contributed by atoms with Gasteiger partial charge in [-0.3, -0.25) is 0 Å². The molecule has 0 aliphatic rings. The minimum absolute atomic E-state index is 0.0838. The normalized spacial score (nSPS) is 10.5. The zero-order valence-corrected chi connectivity index (χ0v) is 8.56. The number of aryl methyl sites for hydroxylation is 1. The van der Waals surface area contributed by atoms with E-state index in [1.165, 1.54) is 6.07 Å². The highest BCUT2D eigenvalue weighted by Gasteiger charge is 2.30. The molecular formula is C12H9F3O. The van der Waals surface area contributed by atoms with Crippen molar-refractivity contribution < 1.29 is 18.0 Å². The molecule has 0 fully saturated rings. The standard InChI is InChI=1S/C12H9F3O/c1-9-8-11(12(13,14)15)6-5-10(9)4-2-3-7-16/h5-8H,3H2,1H3. The van der Waals surface area contributed by atoms with Crippen molar-refractivity contribution in [3.05, 3.63) is 34.9 Å². The number of alkyl halides is 3. The summed E-state index contributed by atoms with van der Waals surface area (Å²) in [5.74, 6) is 5.19. The van der Waals surface area contributed by atoms with Gasteiger partial charge in [0.15, 0.2) is 0 Å². The Kier molecular flexibility index (Phi) is 3.73. The van der Waals surface area contributed by atoms with Gasteiger partial charge in [0.25, 0.3) is 0 Å². The Bertz CT molecular complexity index is 450. The minimum Gasteiger partial charge on any atom is -0.302 e. The second kappa shape index (κ2) is 4.84. The maximum absolute atomic E-state index is 12.3. The molecule has 0 saturated carbocycles. The van der Waals surface area contributed by atoms with Crippen LogP contribution in [0.25, 0.3) is 0 Å². The lowest BCUT2D eigenvalue weighted by molar-refractivity contribution is -0.137. The number of hydrogen-bond donors (Lipinski definition) is 0. The molecule has 16 heavy (non-hydrogen) atoms. The molecule has 0 aromatic heterocycles. The lowest BCUT2D eigenvalue weighted by Gasteiger charge is -2.07. The van der Waals surface area contributed by atoms with E-state index in [0.29, 0.717) is 17.4 Å². The average Bonchev–Trinajstić information content (AvgIpc) is 2.19. The Balaban J connectivity index is 3.02. The third kappa shape index (κ3) is 3.13. The van der Waals surface area contributed by atoms with Crippen LogP contribution >= 0.6 is 0 Å². The van der Waals surface area contributed by atoms with E-state index in [1.54, 1.807) is 6.92 Å². The van der Waals surface area contributed by atoms with Crippen LogP contribution in [-0.4, -0.2) is 6.29 Å². The van der Waals surface area contributed by atoms with Gasteiger partial charge in [0, 0.05) is 5.56 Å². The second-order valence-electron chi connectivity index (χ2n) is 3.20. The van der Waals surface area contributed by atoms with Crippen LogP contribution in [-0.2, 0) is 11.0 Å². The summed E-state index contributed by atoms with van der Waals surface area (Å²) in [5.41, 5.74) is 0.272. The SMILES string of the molecule is Cc1cc(C(F)(F)F)ccc1C#CCC=O. The van der Waals surface area contributed by atoms with Crippen molar-refractivity contribution in [3.8, 4) is 11.8 Å². The molecule has 0 bridgehead atoms. The largest absolute Gasteiger partial charge is 0.416 e. The third-order valence-corrected chi connectivity index (χ3v) is 1.96. The molecular weight excluding hydrogens is 217 g/mol. The number of aldehydes is 1. The Morgan fingerprint density at radius 3 is 2.56 bits per heavy atom. The van der Waals surface area contributed by atoms with Crippen LogP contribution in [0, 0.1) is 18.8 Å². The van der Waals surface area contributed by atoms with Crippen molar-refractivity contribution in [2.75, 3.05) is 0 Å². The van der Waals surface area contributed by atoms with E-state index in [1.807, 2.05) is 0 Å². The number of carbonyl (C=O) groups is 1. The smallest absolute Gasteiger partial charge is 0.302 e. The van der Waals surface area contributed by atoms with Crippen molar-refractivity contribution in [1.82, 2.24) is 0 Å². The number of carbonyl (C=O) groups excluding carboxylic acids is 1. The molecule has 1 nitrogen and oxygen atoms in total. The van der Waals surface area contributed by atoms with Gasteiger partial charge < -0.3 is 4.79 Å². The quantitative estimate of drug-likeness (QED) is 0.531. The lowest BCUT2D eigenvalue weighted by atomic mass is 10.1. The molecule has 0 heterocycles. The molecule has 84 valence electrons. The predicted molar refractivity (Wildman–Crippen MR) is 53.7 cm³/mol. The number of benzene rings is 1. The summed E-state index contributed by atoms with van der Waals surface area (Å²) >= 11 is 0. The molecule has 0 N–H and O–H groups in total. The fourth-order valence-corrected chi connectivity index (χ4v) is 1.17. The Morgan fingerprint density at radius 1 is 1.38 bits per heavy atom. The van der Waals surface area contributed by atoms with E-state index >= 15 is 0 Å². The summed E-state index contributed by atoms with van der Waals surface area (Å²) in [6, 6.07) is 3.35. The minimum atomic E-state index is -4.33. The topological polar surface area (TPSA) is 17.1 Å². The molecule has 0 saturated heterocycles. The first-order valence-electron chi connectivity index (χ1n) is 4.55. The fraction of sp³-hybridized carbons (Fsp3) is 0.250. The monoisotopic (exact) mass is 226 g/mol. The van der Waals surface area contributed by atoms with Crippen molar-refractivity contribution >= 4 is 6.29 Å². The molecule has 0 aliphatic heterocycles. The molecule has 1 rings (SSSR count). The van der Waals surface area contributed by atoms with Crippen molar-refractivity contribution in [2.24, 2.45) is 0 Å². The highest BCUT2D eigenvalue weighted by atomic mass is 19.4. The Morgan fingerprint density at radius 2 is 2.06 bits per heavy atom. The van der Waals surface area contributed by atoms with Crippen LogP contribution in [0.4, 0.5) is 13.2 Å². The van der Waals surface area contributed by atoms with Gasteiger partial charge in [-0.25, -0.2) is 0 Å². The third-order valence-electron chi connectivity index (χ3n) is 1.96. The van der Waals surface area contributed by atoms with Gasteiger partial charge in [0.05, 0.1) is 12.0 Å². The number of hydrogen-bond acceptors (Lipinski definition) is 1. The summed E-state index contributed by atoms with van der Waals surface area (Å²) < 4.78 is 37.0. The molecule has 4 heteroatoms. The van der Waals surface area contributed by atoms with Crippen LogP contribution in [0.3, 0.4) is 0 Å². The first kappa shape index (κ1) is 12.3. The lowest BCUT2D eigenvalue weighted by Crippen LogP contribution is -2.05. The van der Waals surface area contributed by atoms with Crippen LogP contribution in [0.2, 0.25) is 0 Å². The number of halogens is 3. The molecule has 0 unspecified atom stereocenters. The average molecular weight is 226 g/mol. The van der Waals surface area contributed by atoms with Gasteiger partial charge in [-0.2, -0.15) is 13.2 Å². The molecule has 1 aromatic carbocycles. The van der Waals surface area contributed by atoms with Crippen molar-refractivity contribution in [2.45, 2.75) is 19.5 Å². The second-order valence-corrected chi connectivity index (χ2v) is 3.20. The van der Waals surface area contributed by atoms with E-state index in [9.17, 15) is 18.0 Å². The molecule has 1 aromatic rings. The van der Waals surface area contributed by atoms with Crippen LogP contribution < -0.4 is 0 Å². The van der Waals surface area contributed by atoms with Gasteiger partial charge in [-0.1, -0.05) is 11.8 Å². The van der Waals surface area contributed by atoms with Crippen LogP contribution in [0.15, 0.2) is 18.2 Å². The highest BCUT2D eigenvalue weighted by Crippen LogP contribution is 2.30. The molecule has 0 radical (unpaired) electrons. The van der Waals surface area contributed by atoms with Gasteiger partial charge in [0.2, 0.25) is 0 Å². The van der Waals surface area contributed by atoms with Crippen LogP contribution in [0.1, 0.15) is 23.1 Å². The van der Waals surface area contributed by atoms with E-state index in [0.717, 1.165) is 12.1 Å². The van der Waals surface area contributed by atoms with Crippen molar-refractivity contribution in [1.29, 1.82) is 0 Å². The predicted octanol–water partition coefficient (Wildman–Crippen LogP) is 2.95. The van der Waals surface area contributed by atoms with E-state index in [4.69, 9.17) is 0 Å². The first-order chi connectivity index (χ1) is 7.45. The zero-order chi connectivity index (χ0) is 12.2. The zero-order valence-electron chi connectivity index (χ0n) is 8.56. The molecule has 0 atom stereocenters. The van der Waals surface area contributed by atoms with E-state index in [-0.39, 0.29) is 6.42 Å². The van der Waals surface area contributed by atoms with Gasteiger partial charge in [-0.15, -0.1) is 0 Å². The van der Waals surface area contributed by atoms with Crippen LogP contribution in [0.5, 0.6) is 0 Å². The van der Waals surface area contributed by atoms with E-state index < -0.39 is 11.7 Å². The first-order valence-corrected chi connectivity index (χ1v) is 4.55. The maximum Gasteiger partial charge on any atom is 0.416 e.